The Hall–Kier alpha value is -0.120. The minimum Gasteiger partial charge on any atom is -0.374 e. The van der Waals surface area contributed by atoms with Gasteiger partial charge in [-0.1, -0.05) is 33.1 Å². The van der Waals surface area contributed by atoms with Crippen LogP contribution in [0.1, 0.15) is 39.5 Å². The van der Waals surface area contributed by atoms with Crippen molar-refractivity contribution in [2.24, 2.45) is 5.92 Å². The van der Waals surface area contributed by atoms with Crippen molar-refractivity contribution < 1.29 is 4.74 Å². The lowest BCUT2D eigenvalue weighted by molar-refractivity contribution is -0.0313. The molecule has 0 amide bonds. The third-order valence-corrected chi connectivity index (χ3v) is 3.71. The number of rotatable bonds is 8. The predicted octanol–water partition coefficient (Wildman–Crippen LogP) is 2.12. The first kappa shape index (κ1) is 14.9. The summed E-state index contributed by atoms with van der Waals surface area (Å²) in [5, 5.41) is 3.21. The van der Waals surface area contributed by atoms with Crippen LogP contribution in [-0.2, 0) is 4.74 Å². The molecule has 1 aliphatic heterocycles. The van der Waals surface area contributed by atoms with Crippen LogP contribution in [0.2, 0.25) is 0 Å². The fraction of sp³-hybridized carbons (Fsp3) is 1.00. The van der Waals surface area contributed by atoms with Crippen molar-refractivity contribution in [1.82, 2.24) is 10.2 Å². The number of morpholine rings is 1. The molecule has 0 bridgehead atoms. The van der Waals surface area contributed by atoms with E-state index in [1.54, 1.807) is 0 Å². The van der Waals surface area contributed by atoms with Gasteiger partial charge in [0.05, 0.1) is 12.7 Å². The van der Waals surface area contributed by atoms with Crippen molar-refractivity contribution in [3.8, 4) is 0 Å². The second kappa shape index (κ2) is 8.90. The molecule has 0 radical (unpaired) electrons. The fourth-order valence-electron chi connectivity index (χ4n) is 2.58. The molecule has 1 N–H and O–H groups in total. The van der Waals surface area contributed by atoms with Gasteiger partial charge in [0.2, 0.25) is 0 Å². The Labute approximate surface area is 107 Å². The first-order valence-corrected chi connectivity index (χ1v) is 7.28. The quantitative estimate of drug-likeness (QED) is 0.705. The van der Waals surface area contributed by atoms with Gasteiger partial charge < -0.3 is 10.1 Å². The lowest BCUT2D eigenvalue weighted by Gasteiger charge is -2.35. The highest BCUT2D eigenvalue weighted by Crippen LogP contribution is 2.16. The van der Waals surface area contributed by atoms with E-state index in [0.29, 0.717) is 6.10 Å². The van der Waals surface area contributed by atoms with Crippen LogP contribution in [0.5, 0.6) is 0 Å². The maximum absolute atomic E-state index is 5.74. The van der Waals surface area contributed by atoms with E-state index in [9.17, 15) is 0 Å². The maximum Gasteiger partial charge on any atom is 0.0826 e. The summed E-state index contributed by atoms with van der Waals surface area (Å²) in [4.78, 5) is 2.59. The molecule has 1 saturated heterocycles. The number of ether oxygens (including phenoxy) is 1. The molecule has 3 nitrogen and oxygen atoms in total. The third-order valence-electron chi connectivity index (χ3n) is 3.71. The molecule has 1 aliphatic rings. The minimum atomic E-state index is 0.387. The van der Waals surface area contributed by atoms with Gasteiger partial charge in [0.25, 0.3) is 0 Å². The standard InChI is InChI=1S/C14H30N2O/c1-4-6-7-13(5-2)11-16-8-9-17-14(12-16)10-15-3/h13-15H,4-12H2,1-3H3. The van der Waals surface area contributed by atoms with Crippen LogP contribution < -0.4 is 5.32 Å². The van der Waals surface area contributed by atoms with Crippen LogP contribution in [-0.4, -0.2) is 50.8 Å². The van der Waals surface area contributed by atoms with Crippen molar-refractivity contribution in [2.45, 2.75) is 45.6 Å². The molecule has 2 atom stereocenters. The molecule has 102 valence electrons. The number of unbranched alkanes of at least 4 members (excludes halogenated alkanes) is 1. The summed E-state index contributed by atoms with van der Waals surface area (Å²) in [5.41, 5.74) is 0. The summed E-state index contributed by atoms with van der Waals surface area (Å²) in [6, 6.07) is 0. The van der Waals surface area contributed by atoms with E-state index < -0.39 is 0 Å². The number of hydrogen-bond donors (Lipinski definition) is 1. The van der Waals surface area contributed by atoms with Gasteiger partial charge in [-0.15, -0.1) is 0 Å². The fourth-order valence-corrected chi connectivity index (χ4v) is 2.58. The number of nitrogens with one attached hydrogen (secondary N) is 1. The molecular formula is C14H30N2O. The van der Waals surface area contributed by atoms with E-state index in [4.69, 9.17) is 4.74 Å². The smallest absolute Gasteiger partial charge is 0.0826 e. The van der Waals surface area contributed by atoms with Gasteiger partial charge in [0.1, 0.15) is 0 Å². The van der Waals surface area contributed by atoms with E-state index in [-0.39, 0.29) is 0 Å². The zero-order chi connectivity index (χ0) is 12.5. The Kier molecular flexibility index (Phi) is 7.82. The van der Waals surface area contributed by atoms with Crippen molar-refractivity contribution in [1.29, 1.82) is 0 Å². The van der Waals surface area contributed by atoms with Gasteiger partial charge in [0, 0.05) is 26.2 Å². The van der Waals surface area contributed by atoms with Gasteiger partial charge in [-0.25, -0.2) is 0 Å². The monoisotopic (exact) mass is 242 g/mol. The average molecular weight is 242 g/mol. The molecule has 17 heavy (non-hydrogen) atoms. The first-order chi connectivity index (χ1) is 8.30. The first-order valence-electron chi connectivity index (χ1n) is 7.28. The minimum absolute atomic E-state index is 0.387. The van der Waals surface area contributed by atoms with E-state index in [2.05, 4.69) is 24.1 Å². The van der Waals surface area contributed by atoms with Crippen molar-refractivity contribution in [3.63, 3.8) is 0 Å². The number of likely N-dealkylation sites (N-methyl/N-ethyl adjacent to an activating group) is 1. The molecule has 1 rings (SSSR count). The summed E-state index contributed by atoms with van der Waals surface area (Å²) in [6.07, 6.45) is 5.79. The van der Waals surface area contributed by atoms with Gasteiger partial charge in [0.15, 0.2) is 0 Å². The second-order valence-corrected chi connectivity index (χ2v) is 5.23. The summed E-state index contributed by atoms with van der Waals surface area (Å²) < 4.78 is 5.74. The summed E-state index contributed by atoms with van der Waals surface area (Å²) in [6.45, 7) is 9.96. The van der Waals surface area contributed by atoms with Crippen LogP contribution in [0, 0.1) is 5.92 Å². The van der Waals surface area contributed by atoms with Gasteiger partial charge >= 0.3 is 0 Å². The van der Waals surface area contributed by atoms with Crippen molar-refractivity contribution in [2.75, 3.05) is 39.8 Å². The van der Waals surface area contributed by atoms with E-state index >= 15 is 0 Å². The SMILES string of the molecule is CCCCC(CC)CN1CCOC(CNC)C1. The molecule has 1 fully saturated rings. The van der Waals surface area contributed by atoms with Crippen molar-refractivity contribution >= 4 is 0 Å². The molecule has 0 aliphatic carbocycles. The normalized spacial score (nSPS) is 23.8. The second-order valence-electron chi connectivity index (χ2n) is 5.23. The molecule has 0 saturated carbocycles. The topological polar surface area (TPSA) is 24.5 Å². The summed E-state index contributed by atoms with van der Waals surface area (Å²) in [5.74, 6) is 0.878. The highest BCUT2D eigenvalue weighted by molar-refractivity contribution is 4.75. The Morgan fingerprint density at radius 1 is 1.41 bits per heavy atom. The van der Waals surface area contributed by atoms with Gasteiger partial charge in [-0.2, -0.15) is 0 Å². The van der Waals surface area contributed by atoms with Crippen LogP contribution in [0.15, 0.2) is 0 Å². The van der Waals surface area contributed by atoms with Crippen LogP contribution >= 0.6 is 0 Å². The molecule has 0 aromatic rings. The zero-order valence-electron chi connectivity index (χ0n) is 11.9. The molecule has 1 heterocycles. The van der Waals surface area contributed by atoms with Crippen LogP contribution in [0.4, 0.5) is 0 Å². The molecule has 3 heteroatoms. The molecular weight excluding hydrogens is 212 g/mol. The van der Waals surface area contributed by atoms with E-state index in [1.807, 2.05) is 7.05 Å². The van der Waals surface area contributed by atoms with Gasteiger partial charge in [-0.05, 0) is 19.4 Å². The maximum atomic E-state index is 5.74. The summed E-state index contributed by atoms with van der Waals surface area (Å²) >= 11 is 0. The van der Waals surface area contributed by atoms with E-state index in [0.717, 1.165) is 32.2 Å². The molecule has 0 aromatic heterocycles. The highest BCUT2D eigenvalue weighted by Gasteiger charge is 2.21. The molecule has 0 aromatic carbocycles. The Morgan fingerprint density at radius 3 is 2.88 bits per heavy atom. The van der Waals surface area contributed by atoms with Crippen LogP contribution in [0.25, 0.3) is 0 Å². The highest BCUT2D eigenvalue weighted by atomic mass is 16.5. The lowest BCUT2D eigenvalue weighted by atomic mass is 9.98. The molecule has 0 spiro atoms. The zero-order valence-corrected chi connectivity index (χ0v) is 11.9. The van der Waals surface area contributed by atoms with Gasteiger partial charge in [-0.3, -0.25) is 4.90 Å². The van der Waals surface area contributed by atoms with Crippen molar-refractivity contribution in [3.05, 3.63) is 0 Å². The predicted molar refractivity (Wildman–Crippen MR) is 73.4 cm³/mol. The largest absolute Gasteiger partial charge is 0.374 e. The Bertz CT molecular complexity index is 185. The number of hydrogen-bond acceptors (Lipinski definition) is 3. The Morgan fingerprint density at radius 2 is 2.24 bits per heavy atom. The van der Waals surface area contributed by atoms with Crippen LogP contribution in [0.3, 0.4) is 0 Å². The third kappa shape index (κ3) is 5.84. The summed E-state index contributed by atoms with van der Waals surface area (Å²) in [7, 11) is 2.00. The molecule has 2 unspecified atom stereocenters. The average Bonchev–Trinajstić information content (AvgIpc) is 2.35. The Balaban J connectivity index is 2.27. The number of nitrogens with zero attached hydrogens (tertiary/aromatic N) is 1. The van der Waals surface area contributed by atoms with E-state index in [1.165, 1.54) is 32.2 Å². The lowest BCUT2D eigenvalue weighted by Crippen LogP contribution is -2.47.